The van der Waals surface area contributed by atoms with Gasteiger partial charge in [-0.05, 0) is 45.5 Å². The minimum atomic E-state index is 0.248. The molecule has 0 fully saturated rings. The first-order chi connectivity index (χ1) is 8.63. The molecule has 18 heavy (non-hydrogen) atoms. The van der Waals surface area contributed by atoms with Crippen molar-refractivity contribution in [1.82, 2.24) is 10.3 Å². The summed E-state index contributed by atoms with van der Waals surface area (Å²) in [6, 6.07) is 6.27. The number of furan rings is 1. The quantitative estimate of drug-likeness (QED) is 0.898. The molecule has 0 bridgehead atoms. The van der Waals surface area contributed by atoms with E-state index in [1.165, 1.54) is 11.1 Å². The highest BCUT2D eigenvalue weighted by Gasteiger charge is 2.20. The Morgan fingerprint density at radius 3 is 2.50 bits per heavy atom. The first-order valence-corrected chi connectivity index (χ1v) is 6.27. The van der Waals surface area contributed by atoms with E-state index in [1.54, 1.807) is 0 Å². The molecule has 0 aliphatic heterocycles. The topological polar surface area (TPSA) is 38.1 Å². The summed E-state index contributed by atoms with van der Waals surface area (Å²) in [5, 5.41) is 3.36. The number of likely N-dealkylation sites (N-methyl/N-ethyl adjacent to an activating group) is 1. The van der Waals surface area contributed by atoms with Crippen LogP contribution in [0, 0.1) is 20.8 Å². The Morgan fingerprint density at radius 1 is 1.22 bits per heavy atom. The molecule has 0 aliphatic carbocycles. The van der Waals surface area contributed by atoms with Crippen LogP contribution >= 0.6 is 0 Å². The summed E-state index contributed by atoms with van der Waals surface area (Å²) >= 11 is 0. The molecule has 2 aromatic rings. The molecular formula is C15H20N2O. The lowest BCUT2D eigenvalue weighted by molar-refractivity contribution is 0.489. The highest BCUT2D eigenvalue weighted by molar-refractivity contribution is 5.35. The van der Waals surface area contributed by atoms with E-state index >= 15 is 0 Å². The number of aryl methyl sites for hydroxylation is 2. The zero-order chi connectivity index (χ0) is 13.1. The van der Waals surface area contributed by atoms with Gasteiger partial charge in [0.1, 0.15) is 11.5 Å². The lowest BCUT2D eigenvalue weighted by atomic mass is 9.98. The summed E-state index contributed by atoms with van der Waals surface area (Å²) in [4.78, 5) is 4.39. The van der Waals surface area contributed by atoms with Crippen molar-refractivity contribution in [2.75, 3.05) is 7.05 Å². The van der Waals surface area contributed by atoms with Gasteiger partial charge >= 0.3 is 0 Å². The van der Waals surface area contributed by atoms with Gasteiger partial charge in [-0.3, -0.25) is 4.98 Å². The Balaban J connectivity index is 2.29. The number of aromatic nitrogens is 1. The predicted molar refractivity (Wildman–Crippen MR) is 72.7 cm³/mol. The van der Waals surface area contributed by atoms with E-state index in [1.807, 2.05) is 39.2 Å². The summed E-state index contributed by atoms with van der Waals surface area (Å²) in [6.45, 7) is 6.15. The van der Waals surface area contributed by atoms with Crippen LogP contribution in [0.1, 0.15) is 34.4 Å². The zero-order valence-corrected chi connectivity index (χ0v) is 11.4. The number of hydrogen-bond acceptors (Lipinski definition) is 3. The molecule has 0 aromatic carbocycles. The van der Waals surface area contributed by atoms with E-state index in [9.17, 15) is 0 Å². The van der Waals surface area contributed by atoms with E-state index in [4.69, 9.17) is 4.42 Å². The number of nitrogens with zero attached hydrogens (tertiary/aromatic N) is 1. The standard InChI is InChI=1S/C15H20N2O/c1-10-11(2)18-12(3)15(10)14(16-4)9-13-7-5-6-8-17-13/h5-8,14,16H,9H2,1-4H3. The predicted octanol–water partition coefficient (Wildman–Crippen LogP) is 3.10. The number of nitrogens with one attached hydrogen (secondary N) is 1. The average Bonchev–Trinajstić information content (AvgIpc) is 2.62. The van der Waals surface area contributed by atoms with Crippen LogP contribution in [0.25, 0.3) is 0 Å². The fourth-order valence-electron chi connectivity index (χ4n) is 2.40. The Hall–Kier alpha value is -1.61. The van der Waals surface area contributed by atoms with Crippen molar-refractivity contribution >= 4 is 0 Å². The maximum atomic E-state index is 5.71. The van der Waals surface area contributed by atoms with Crippen molar-refractivity contribution in [3.05, 3.63) is 52.7 Å². The summed E-state index contributed by atoms with van der Waals surface area (Å²) in [7, 11) is 1.98. The fourth-order valence-corrected chi connectivity index (χ4v) is 2.40. The Morgan fingerprint density at radius 2 is 2.00 bits per heavy atom. The molecule has 0 aliphatic rings. The van der Waals surface area contributed by atoms with Crippen LogP contribution in [-0.2, 0) is 6.42 Å². The minimum Gasteiger partial charge on any atom is -0.466 e. The number of hydrogen-bond donors (Lipinski definition) is 1. The molecule has 0 saturated carbocycles. The summed E-state index contributed by atoms with van der Waals surface area (Å²) in [5.74, 6) is 2.00. The van der Waals surface area contributed by atoms with Gasteiger partial charge in [0, 0.05) is 29.9 Å². The van der Waals surface area contributed by atoms with Gasteiger partial charge in [0.05, 0.1) is 0 Å². The molecule has 96 valence electrons. The molecule has 2 heterocycles. The third-order valence-electron chi connectivity index (χ3n) is 3.45. The van der Waals surface area contributed by atoms with Gasteiger partial charge in [-0.25, -0.2) is 0 Å². The highest BCUT2D eigenvalue weighted by atomic mass is 16.3. The molecule has 1 N–H and O–H groups in total. The largest absolute Gasteiger partial charge is 0.466 e. The first kappa shape index (κ1) is 12.8. The van der Waals surface area contributed by atoms with E-state index < -0.39 is 0 Å². The van der Waals surface area contributed by atoms with Crippen molar-refractivity contribution in [2.45, 2.75) is 33.2 Å². The van der Waals surface area contributed by atoms with Gasteiger partial charge in [-0.1, -0.05) is 6.07 Å². The number of rotatable bonds is 4. The second kappa shape index (κ2) is 5.36. The van der Waals surface area contributed by atoms with E-state index in [-0.39, 0.29) is 6.04 Å². The highest BCUT2D eigenvalue weighted by Crippen LogP contribution is 2.28. The Labute approximate surface area is 108 Å². The summed E-state index contributed by atoms with van der Waals surface area (Å²) in [6.07, 6.45) is 2.71. The second-order valence-electron chi connectivity index (χ2n) is 4.62. The molecule has 2 aromatic heterocycles. The van der Waals surface area contributed by atoms with E-state index in [0.29, 0.717) is 0 Å². The Kier molecular flexibility index (Phi) is 3.82. The van der Waals surface area contributed by atoms with Crippen LogP contribution in [0.15, 0.2) is 28.8 Å². The lowest BCUT2D eigenvalue weighted by Gasteiger charge is -2.16. The van der Waals surface area contributed by atoms with Crippen LogP contribution in [0.3, 0.4) is 0 Å². The molecule has 0 saturated heterocycles. The van der Waals surface area contributed by atoms with Crippen molar-refractivity contribution in [3.8, 4) is 0 Å². The van der Waals surface area contributed by atoms with Gasteiger partial charge in [0.2, 0.25) is 0 Å². The maximum Gasteiger partial charge on any atom is 0.106 e. The molecule has 0 amide bonds. The van der Waals surface area contributed by atoms with Crippen LogP contribution in [0.2, 0.25) is 0 Å². The van der Waals surface area contributed by atoms with Crippen LogP contribution < -0.4 is 5.32 Å². The molecule has 2 rings (SSSR count). The van der Waals surface area contributed by atoms with Crippen molar-refractivity contribution < 1.29 is 4.42 Å². The SMILES string of the molecule is CNC(Cc1ccccn1)c1c(C)oc(C)c1C. The van der Waals surface area contributed by atoms with Gasteiger partial charge in [-0.2, -0.15) is 0 Å². The van der Waals surface area contributed by atoms with E-state index in [2.05, 4.69) is 23.3 Å². The molecule has 3 nitrogen and oxygen atoms in total. The van der Waals surface area contributed by atoms with Crippen molar-refractivity contribution in [3.63, 3.8) is 0 Å². The fraction of sp³-hybridized carbons (Fsp3) is 0.400. The third-order valence-corrected chi connectivity index (χ3v) is 3.45. The molecule has 0 radical (unpaired) electrons. The van der Waals surface area contributed by atoms with Gasteiger partial charge in [0.15, 0.2) is 0 Å². The Bertz CT molecular complexity index is 517. The number of pyridine rings is 1. The molecule has 1 unspecified atom stereocenters. The minimum absolute atomic E-state index is 0.248. The van der Waals surface area contributed by atoms with Crippen molar-refractivity contribution in [2.24, 2.45) is 0 Å². The average molecular weight is 244 g/mol. The van der Waals surface area contributed by atoms with Crippen LogP contribution in [0.4, 0.5) is 0 Å². The normalized spacial score (nSPS) is 12.7. The molecule has 3 heteroatoms. The van der Waals surface area contributed by atoms with Gasteiger partial charge in [0.25, 0.3) is 0 Å². The molecule has 0 spiro atoms. The van der Waals surface area contributed by atoms with E-state index in [0.717, 1.165) is 23.6 Å². The summed E-state index contributed by atoms with van der Waals surface area (Å²) < 4.78 is 5.71. The zero-order valence-electron chi connectivity index (χ0n) is 11.4. The summed E-state index contributed by atoms with van der Waals surface area (Å²) in [5.41, 5.74) is 3.60. The van der Waals surface area contributed by atoms with Crippen molar-refractivity contribution in [1.29, 1.82) is 0 Å². The third kappa shape index (κ3) is 2.46. The first-order valence-electron chi connectivity index (χ1n) is 6.27. The van der Waals surface area contributed by atoms with Gasteiger partial charge < -0.3 is 9.73 Å². The van der Waals surface area contributed by atoms with Gasteiger partial charge in [-0.15, -0.1) is 0 Å². The lowest BCUT2D eigenvalue weighted by Crippen LogP contribution is -2.20. The smallest absolute Gasteiger partial charge is 0.106 e. The maximum absolute atomic E-state index is 5.71. The molecular weight excluding hydrogens is 224 g/mol. The monoisotopic (exact) mass is 244 g/mol. The van der Waals surface area contributed by atoms with Crippen LogP contribution in [-0.4, -0.2) is 12.0 Å². The molecule has 1 atom stereocenters. The van der Waals surface area contributed by atoms with Crippen LogP contribution in [0.5, 0.6) is 0 Å². The second-order valence-corrected chi connectivity index (χ2v) is 4.62.